The lowest BCUT2D eigenvalue weighted by Crippen LogP contribution is -2.15. The Kier molecular flexibility index (Phi) is 8.45. The fourth-order valence-electron chi connectivity index (χ4n) is 4.36. The van der Waals surface area contributed by atoms with Crippen LogP contribution in [0.3, 0.4) is 0 Å². The Balaban J connectivity index is 2.18. The summed E-state index contributed by atoms with van der Waals surface area (Å²) in [6.45, 7) is 15.1. The summed E-state index contributed by atoms with van der Waals surface area (Å²) in [5.41, 5.74) is 1.47. The number of ether oxygens (including phenoxy) is 2. The summed E-state index contributed by atoms with van der Waals surface area (Å²) >= 11 is 0. The number of benzene rings is 3. The van der Waals surface area contributed by atoms with E-state index in [1.165, 1.54) is 36.6 Å². The van der Waals surface area contributed by atoms with E-state index < -0.39 is 0 Å². The number of hydrogen-bond acceptors (Lipinski definition) is 2. The highest BCUT2D eigenvalue weighted by molar-refractivity contribution is 6.11. The van der Waals surface area contributed by atoms with Gasteiger partial charge in [-0.3, -0.25) is 0 Å². The molecule has 3 rings (SSSR count). The highest BCUT2D eigenvalue weighted by atomic mass is 16.5. The summed E-state index contributed by atoms with van der Waals surface area (Å²) in [6, 6.07) is 15.5. The number of hydrogen-bond donors (Lipinski definition) is 0. The molecule has 2 nitrogen and oxygen atoms in total. The van der Waals surface area contributed by atoms with Crippen LogP contribution in [-0.2, 0) is 5.41 Å². The average molecular weight is 435 g/mol. The first-order valence-corrected chi connectivity index (χ1v) is 12.7. The quantitative estimate of drug-likeness (QED) is 0.209. The lowest BCUT2D eigenvalue weighted by atomic mass is 9.81. The Labute approximate surface area is 195 Å². The SMILES string of the molecule is CCCCCOc1c2ccccc2c(OCC(C)CCC)c2ccc(C(C)(C)CC)cc12. The molecule has 0 radical (unpaired) electrons. The monoisotopic (exact) mass is 434 g/mol. The van der Waals surface area contributed by atoms with Crippen LogP contribution in [0, 0.1) is 5.92 Å². The van der Waals surface area contributed by atoms with Crippen molar-refractivity contribution in [3.05, 3.63) is 48.0 Å². The maximum absolute atomic E-state index is 6.54. The molecular formula is C30H42O2. The van der Waals surface area contributed by atoms with Gasteiger partial charge in [-0.25, -0.2) is 0 Å². The van der Waals surface area contributed by atoms with Crippen molar-refractivity contribution >= 4 is 21.5 Å². The standard InChI is InChI=1S/C30H42O2/c1-7-10-13-19-31-29-25-16-12-11-15-24(25)28(32-21-22(4)14-8-2)26-18-17-23(20-27(26)29)30(5,6)9-3/h11-12,15-18,20,22H,7-10,13-14,19,21H2,1-6H3. The highest BCUT2D eigenvalue weighted by Gasteiger charge is 2.22. The molecule has 0 spiro atoms. The van der Waals surface area contributed by atoms with Gasteiger partial charge in [0.15, 0.2) is 0 Å². The van der Waals surface area contributed by atoms with Crippen molar-refractivity contribution in [3.8, 4) is 11.5 Å². The van der Waals surface area contributed by atoms with Gasteiger partial charge >= 0.3 is 0 Å². The van der Waals surface area contributed by atoms with Crippen LogP contribution in [0.4, 0.5) is 0 Å². The molecule has 2 heteroatoms. The van der Waals surface area contributed by atoms with E-state index >= 15 is 0 Å². The largest absolute Gasteiger partial charge is 0.492 e. The molecule has 0 saturated heterocycles. The molecule has 0 fully saturated rings. The normalized spacial score (nSPS) is 12.9. The van der Waals surface area contributed by atoms with Crippen LogP contribution in [0.1, 0.15) is 85.6 Å². The molecule has 0 aliphatic rings. The zero-order valence-electron chi connectivity index (χ0n) is 21.1. The van der Waals surface area contributed by atoms with E-state index in [9.17, 15) is 0 Å². The van der Waals surface area contributed by atoms with Gasteiger partial charge in [-0.2, -0.15) is 0 Å². The molecule has 1 atom stereocenters. The number of fused-ring (bicyclic) bond motifs is 2. The van der Waals surface area contributed by atoms with Crippen LogP contribution in [0.15, 0.2) is 42.5 Å². The summed E-state index contributed by atoms with van der Waals surface area (Å²) in [6.07, 6.45) is 6.94. The first-order valence-electron chi connectivity index (χ1n) is 12.7. The predicted molar refractivity (Wildman–Crippen MR) is 139 cm³/mol. The maximum atomic E-state index is 6.54. The summed E-state index contributed by atoms with van der Waals surface area (Å²) in [4.78, 5) is 0. The molecule has 0 aromatic heterocycles. The third kappa shape index (κ3) is 5.39. The van der Waals surface area contributed by atoms with Gasteiger partial charge in [-0.1, -0.05) is 97.2 Å². The molecule has 3 aromatic carbocycles. The van der Waals surface area contributed by atoms with Crippen LogP contribution in [-0.4, -0.2) is 13.2 Å². The molecule has 32 heavy (non-hydrogen) atoms. The zero-order chi connectivity index (χ0) is 23.1. The van der Waals surface area contributed by atoms with Gasteiger partial charge in [0.05, 0.1) is 13.2 Å². The van der Waals surface area contributed by atoms with Crippen molar-refractivity contribution < 1.29 is 9.47 Å². The second kappa shape index (κ2) is 11.1. The van der Waals surface area contributed by atoms with Crippen molar-refractivity contribution in [2.24, 2.45) is 5.92 Å². The van der Waals surface area contributed by atoms with E-state index in [-0.39, 0.29) is 5.41 Å². The Morgan fingerprint density at radius 2 is 1.44 bits per heavy atom. The predicted octanol–water partition coefficient (Wildman–Crippen LogP) is 9.06. The summed E-state index contributed by atoms with van der Waals surface area (Å²) in [5.74, 6) is 2.55. The minimum Gasteiger partial charge on any atom is -0.492 e. The van der Waals surface area contributed by atoms with Crippen molar-refractivity contribution in [1.82, 2.24) is 0 Å². The smallest absolute Gasteiger partial charge is 0.135 e. The van der Waals surface area contributed by atoms with Gasteiger partial charge in [-0.05, 0) is 42.2 Å². The Hall–Kier alpha value is -2.22. The van der Waals surface area contributed by atoms with E-state index in [1.54, 1.807) is 0 Å². The third-order valence-electron chi connectivity index (χ3n) is 6.88. The first-order chi connectivity index (χ1) is 15.4. The van der Waals surface area contributed by atoms with E-state index in [0.29, 0.717) is 5.92 Å². The van der Waals surface area contributed by atoms with E-state index in [2.05, 4.69) is 84.0 Å². The van der Waals surface area contributed by atoms with Crippen molar-refractivity contribution in [2.75, 3.05) is 13.2 Å². The average Bonchev–Trinajstić information content (AvgIpc) is 2.80. The molecule has 0 aliphatic heterocycles. The van der Waals surface area contributed by atoms with Gasteiger partial charge in [0.2, 0.25) is 0 Å². The first kappa shape index (κ1) is 24.4. The van der Waals surface area contributed by atoms with Crippen molar-refractivity contribution in [2.45, 2.75) is 85.5 Å². The van der Waals surface area contributed by atoms with Crippen molar-refractivity contribution in [3.63, 3.8) is 0 Å². The number of unbranched alkanes of at least 4 members (excludes halogenated alkanes) is 2. The number of rotatable bonds is 12. The third-order valence-corrected chi connectivity index (χ3v) is 6.88. The van der Waals surface area contributed by atoms with Gasteiger partial charge in [-0.15, -0.1) is 0 Å². The molecule has 3 aromatic rings. The van der Waals surface area contributed by atoms with Crippen molar-refractivity contribution in [1.29, 1.82) is 0 Å². The molecular weight excluding hydrogens is 392 g/mol. The van der Waals surface area contributed by atoms with Gasteiger partial charge in [0.1, 0.15) is 11.5 Å². The Morgan fingerprint density at radius 1 is 0.781 bits per heavy atom. The lowest BCUT2D eigenvalue weighted by Gasteiger charge is -2.25. The minimum absolute atomic E-state index is 0.121. The molecule has 0 aliphatic carbocycles. The van der Waals surface area contributed by atoms with Crippen LogP contribution in [0.2, 0.25) is 0 Å². The summed E-state index contributed by atoms with van der Waals surface area (Å²) in [7, 11) is 0. The molecule has 0 saturated carbocycles. The Bertz CT molecular complexity index is 1020. The second-order valence-corrected chi connectivity index (χ2v) is 9.96. The molecule has 0 heterocycles. The van der Waals surface area contributed by atoms with Crippen LogP contribution in [0.25, 0.3) is 21.5 Å². The minimum atomic E-state index is 0.121. The molecule has 0 amide bonds. The van der Waals surface area contributed by atoms with Gasteiger partial charge in [0.25, 0.3) is 0 Å². The Morgan fingerprint density at radius 3 is 2.06 bits per heavy atom. The molecule has 174 valence electrons. The highest BCUT2D eigenvalue weighted by Crippen LogP contribution is 2.44. The van der Waals surface area contributed by atoms with E-state index in [4.69, 9.17) is 9.47 Å². The van der Waals surface area contributed by atoms with Gasteiger partial charge in [0, 0.05) is 21.5 Å². The lowest BCUT2D eigenvalue weighted by molar-refractivity contribution is 0.256. The molecule has 0 N–H and O–H groups in total. The molecule has 0 bridgehead atoms. The van der Waals surface area contributed by atoms with E-state index in [1.807, 2.05) is 0 Å². The summed E-state index contributed by atoms with van der Waals surface area (Å²) in [5, 5.41) is 4.64. The zero-order valence-corrected chi connectivity index (χ0v) is 21.1. The van der Waals surface area contributed by atoms with Crippen LogP contribution < -0.4 is 9.47 Å². The maximum Gasteiger partial charge on any atom is 0.135 e. The fraction of sp³-hybridized carbons (Fsp3) is 0.533. The van der Waals surface area contributed by atoms with Gasteiger partial charge < -0.3 is 9.47 Å². The van der Waals surface area contributed by atoms with E-state index in [0.717, 1.165) is 53.7 Å². The summed E-state index contributed by atoms with van der Waals surface area (Å²) < 4.78 is 13.0. The second-order valence-electron chi connectivity index (χ2n) is 9.96. The van der Waals surface area contributed by atoms with Crippen LogP contribution in [0.5, 0.6) is 11.5 Å². The van der Waals surface area contributed by atoms with Crippen LogP contribution >= 0.6 is 0 Å². The fourth-order valence-corrected chi connectivity index (χ4v) is 4.36. The molecule has 1 unspecified atom stereocenters. The topological polar surface area (TPSA) is 18.5 Å².